The highest BCUT2D eigenvalue weighted by Crippen LogP contribution is 2.50. The molecule has 4 nitrogen and oxygen atoms in total. The summed E-state index contributed by atoms with van der Waals surface area (Å²) in [6, 6.07) is 19.7. The van der Waals surface area contributed by atoms with Crippen LogP contribution < -0.4 is 4.74 Å². The molecule has 1 saturated carbocycles. The van der Waals surface area contributed by atoms with Gasteiger partial charge in [-0.05, 0) is 87.7 Å². The SMILES string of the molecule is COc1cccc(C23CCN(C)CC2CCC(N(C)C(=O)CCCCCc2ccccc2)C3)c1. The van der Waals surface area contributed by atoms with Crippen LogP contribution in [-0.4, -0.2) is 56.0 Å². The number of carbonyl (C=O) groups excluding carboxylic acids is 1. The first-order chi connectivity index (χ1) is 16.5. The molecule has 2 aromatic carbocycles. The Balaban J connectivity index is 1.36. The minimum absolute atomic E-state index is 0.133. The smallest absolute Gasteiger partial charge is 0.222 e. The zero-order chi connectivity index (χ0) is 24.0. The van der Waals surface area contributed by atoms with E-state index in [0.717, 1.165) is 63.8 Å². The fraction of sp³-hybridized carbons (Fsp3) is 0.567. The Hall–Kier alpha value is -2.33. The van der Waals surface area contributed by atoms with Crippen LogP contribution in [0.3, 0.4) is 0 Å². The maximum absolute atomic E-state index is 13.1. The third-order valence-electron chi connectivity index (χ3n) is 8.49. The molecule has 1 aliphatic carbocycles. The van der Waals surface area contributed by atoms with E-state index in [9.17, 15) is 4.79 Å². The number of hydrogen-bond acceptors (Lipinski definition) is 3. The molecule has 1 amide bonds. The third-order valence-corrected chi connectivity index (χ3v) is 8.49. The molecule has 0 bridgehead atoms. The van der Waals surface area contributed by atoms with Crippen LogP contribution in [0.15, 0.2) is 54.6 Å². The molecule has 2 aliphatic rings. The van der Waals surface area contributed by atoms with Crippen LogP contribution in [0.1, 0.15) is 62.5 Å². The highest BCUT2D eigenvalue weighted by molar-refractivity contribution is 5.76. The normalized spacial score (nSPS) is 24.9. The van der Waals surface area contributed by atoms with Gasteiger partial charge in [0.15, 0.2) is 0 Å². The molecule has 34 heavy (non-hydrogen) atoms. The molecule has 3 atom stereocenters. The Labute approximate surface area is 206 Å². The fourth-order valence-corrected chi connectivity index (χ4v) is 6.36. The van der Waals surface area contributed by atoms with E-state index in [2.05, 4.69) is 65.4 Å². The second-order valence-corrected chi connectivity index (χ2v) is 10.6. The van der Waals surface area contributed by atoms with Crippen molar-refractivity contribution in [2.24, 2.45) is 5.92 Å². The van der Waals surface area contributed by atoms with Crippen molar-refractivity contribution >= 4 is 5.91 Å². The van der Waals surface area contributed by atoms with Crippen LogP contribution in [0.25, 0.3) is 0 Å². The molecule has 0 radical (unpaired) electrons. The molecule has 0 spiro atoms. The fourth-order valence-electron chi connectivity index (χ4n) is 6.36. The number of benzene rings is 2. The summed E-state index contributed by atoms with van der Waals surface area (Å²) in [6.45, 7) is 2.25. The van der Waals surface area contributed by atoms with Crippen LogP contribution in [0, 0.1) is 5.92 Å². The lowest BCUT2D eigenvalue weighted by Crippen LogP contribution is -2.55. The molecule has 1 heterocycles. The highest BCUT2D eigenvalue weighted by Gasteiger charge is 2.48. The number of rotatable bonds is 9. The number of methoxy groups -OCH3 is 1. The van der Waals surface area contributed by atoms with E-state index in [1.165, 1.54) is 17.5 Å². The van der Waals surface area contributed by atoms with E-state index in [-0.39, 0.29) is 5.41 Å². The van der Waals surface area contributed by atoms with Gasteiger partial charge in [-0.25, -0.2) is 0 Å². The minimum Gasteiger partial charge on any atom is -0.497 e. The molecule has 184 valence electrons. The number of aryl methyl sites for hydroxylation is 1. The average Bonchev–Trinajstić information content (AvgIpc) is 2.88. The van der Waals surface area contributed by atoms with Gasteiger partial charge in [0.05, 0.1) is 7.11 Å². The monoisotopic (exact) mass is 462 g/mol. The summed E-state index contributed by atoms with van der Waals surface area (Å²) < 4.78 is 5.57. The van der Waals surface area contributed by atoms with Gasteiger partial charge in [-0.15, -0.1) is 0 Å². The molecule has 2 aromatic rings. The predicted octanol–water partition coefficient (Wildman–Crippen LogP) is 5.70. The number of carbonyl (C=O) groups is 1. The van der Waals surface area contributed by atoms with Crippen LogP contribution >= 0.6 is 0 Å². The Morgan fingerprint density at radius 2 is 1.91 bits per heavy atom. The summed E-state index contributed by atoms with van der Waals surface area (Å²) in [6.07, 6.45) is 9.53. The van der Waals surface area contributed by atoms with Gasteiger partial charge < -0.3 is 14.5 Å². The Morgan fingerprint density at radius 3 is 2.71 bits per heavy atom. The Kier molecular flexibility index (Phi) is 8.31. The summed E-state index contributed by atoms with van der Waals surface area (Å²) in [7, 11) is 6.04. The van der Waals surface area contributed by atoms with E-state index in [4.69, 9.17) is 4.74 Å². The molecule has 1 saturated heterocycles. The van der Waals surface area contributed by atoms with E-state index < -0.39 is 0 Å². The second-order valence-electron chi connectivity index (χ2n) is 10.6. The number of nitrogens with zero attached hydrogens (tertiary/aromatic N) is 2. The zero-order valence-corrected chi connectivity index (χ0v) is 21.3. The standard InChI is InChI=1S/C30H42N2O2/c1-31-20-19-30(25-14-10-15-28(21-25)34-3)22-27(18-17-26(30)23-31)32(2)29(33)16-9-5-8-13-24-11-6-4-7-12-24/h4,6-7,10-12,14-15,21,26-27H,5,8-9,13,16-20,22-23H2,1-3H3. The van der Waals surface area contributed by atoms with Gasteiger partial charge in [0.25, 0.3) is 0 Å². The van der Waals surface area contributed by atoms with Gasteiger partial charge >= 0.3 is 0 Å². The maximum Gasteiger partial charge on any atom is 0.222 e. The van der Waals surface area contributed by atoms with Crippen LogP contribution in [0.5, 0.6) is 5.75 Å². The van der Waals surface area contributed by atoms with E-state index in [1.54, 1.807) is 7.11 Å². The van der Waals surface area contributed by atoms with Crippen molar-refractivity contribution in [2.45, 2.75) is 69.2 Å². The summed E-state index contributed by atoms with van der Waals surface area (Å²) >= 11 is 0. The van der Waals surface area contributed by atoms with Gasteiger partial charge in [0.1, 0.15) is 5.75 Å². The maximum atomic E-state index is 13.1. The lowest BCUT2D eigenvalue weighted by atomic mass is 9.58. The number of ether oxygens (including phenoxy) is 1. The summed E-state index contributed by atoms with van der Waals surface area (Å²) in [5, 5.41) is 0. The average molecular weight is 463 g/mol. The van der Waals surface area contributed by atoms with Gasteiger partial charge in [0.2, 0.25) is 5.91 Å². The molecule has 0 aromatic heterocycles. The van der Waals surface area contributed by atoms with E-state index in [0.29, 0.717) is 24.3 Å². The zero-order valence-electron chi connectivity index (χ0n) is 21.3. The predicted molar refractivity (Wildman–Crippen MR) is 139 cm³/mol. The highest BCUT2D eigenvalue weighted by atomic mass is 16.5. The van der Waals surface area contributed by atoms with Gasteiger partial charge in [-0.1, -0.05) is 48.9 Å². The first-order valence-corrected chi connectivity index (χ1v) is 13.1. The largest absolute Gasteiger partial charge is 0.497 e. The van der Waals surface area contributed by atoms with Crippen molar-refractivity contribution in [1.82, 2.24) is 9.80 Å². The van der Waals surface area contributed by atoms with Crippen molar-refractivity contribution in [2.75, 3.05) is 34.3 Å². The summed E-state index contributed by atoms with van der Waals surface area (Å²) in [4.78, 5) is 17.7. The Bertz CT molecular complexity index is 930. The number of piperidine rings is 1. The van der Waals surface area contributed by atoms with Crippen molar-refractivity contribution in [3.05, 3.63) is 65.7 Å². The van der Waals surface area contributed by atoms with Crippen molar-refractivity contribution < 1.29 is 9.53 Å². The topological polar surface area (TPSA) is 32.8 Å². The minimum atomic E-state index is 0.133. The van der Waals surface area contributed by atoms with E-state index in [1.807, 2.05) is 13.1 Å². The van der Waals surface area contributed by atoms with Gasteiger partial charge in [0, 0.05) is 31.5 Å². The number of amides is 1. The van der Waals surface area contributed by atoms with Crippen molar-refractivity contribution in [3.8, 4) is 5.75 Å². The molecule has 4 rings (SSSR count). The molecular weight excluding hydrogens is 420 g/mol. The van der Waals surface area contributed by atoms with Crippen molar-refractivity contribution in [1.29, 1.82) is 0 Å². The van der Waals surface area contributed by atoms with Gasteiger partial charge in [-0.3, -0.25) is 4.79 Å². The number of likely N-dealkylation sites (tertiary alicyclic amines) is 1. The Morgan fingerprint density at radius 1 is 1.09 bits per heavy atom. The second kappa shape index (κ2) is 11.4. The van der Waals surface area contributed by atoms with Crippen LogP contribution in [0.4, 0.5) is 0 Å². The summed E-state index contributed by atoms with van der Waals surface area (Å²) in [5.41, 5.74) is 2.92. The lowest BCUT2D eigenvalue weighted by molar-refractivity contribution is -0.133. The number of hydrogen-bond donors (Lipinski definition) is 0. The number of unbranched alkanes of at least 4 members (excludes halogenated alkanes) is 2. The first kappa shape index (κ1) is 24.8. The summed E-state index contributed by atoms with van der Waals surface area (Å²) in [5.74, 6) is 1.89. The van der Waals surface area contributed by atoms with Crippen LogP contribution in [0.2, 0.25) is 0 Å². The van der Waals surface area contributed by atoms with Crippen LogP contribution in [-0.2, 0) is 16.6 Å². The molecular formula is C30H42N2O2. The van der Waals surface area contributed by atoms with Gasteiger partial charge in [-0.2, -0.15) is 0 Å². The molecule has 0 N–H and O–H groups in total. The molecule has 3 unspecified atom stereocenters. The number of fused-ring (bicyclic) bond motifs is 1. The molecule has 1 aliphatic heterocycles. The first-order valence-electron chi connectivity index (χ1n) is 13.1. The van der Waals surface area contributed by atoms with Crippen molar-refractivity contribution in [3.63, 3.8) is 0 Å². The van der Waals surface area contributed by atoms with E-state index >= 15 is 0 Å². The molecule has 4 heteroatoms. The molecule has 2 fully saturated rings. The third kappa shape index (κ3) is 5.66. The lowest BCUT2D eigenvalue weighted by Gasteiger charge is -2.53. The quantitative estimate of drug-likeness (QED) is 0.448.